The minimum absolute atomic E-state index is 0.0240. The van der Waals surface area contributed by atoms with Gasteiger partial charge in [-0.05, 0) is 34.1 Å². The molecular formula is C13H22N2O2S. The smallest absolute Gasteiger partial charge is 0.358 e. The van der Waals surface area contributed by atoms with Crippen LogP contribution in [0.2, 0.25) is 0 Å². The number of anilines is 1. The van der Waals surface area contributed by atoms with Crippen LogP contribution in [0.1, 0.15) is 49.5 Å². The van der Waals surface area contributed by atoms with Gasteiger partial charge in [0.05, 0.1) is 6.61 Å². The Hall–Kier alpha value is -1.10. The van der Waals surface area contributed by atoms with E-state index >= 15 is 0 Å². The van der Waals surface area contributed by atoms with Gasteiger partial charge >= 0.3 is 5.97 Å². The van der Waals surface area contributed by atoms with E-state index in [1.54, 1.807) is 6.92 Å². The predicted molar refractivity (Wildman–Crippen MR) is 75.6 cm³/mol. The summed E-state index contributed by atoms with van der Waals surface area (Å²) in [5.41, 5.74) is 0.464. The molecule has 0 saturated carbocycles. The maximum absolute atomic E-state index is 11.7. The van der Waals surface area contributed by atoms with Gasteiger partial charge in [-0.3, -0.25) is 0 Å². The molecule has 0 spiro atoms. The van der Waals surface area contributed by atoms with Crippen LogP contribution in [0.5, 0.6) is 0 Å². The number of rotatable bonds is 5. The molecule has 0 aliphatic rings. The SMILES string of the molecule is CCOC(=O)c1nc(N(C)C(C)(C)CC)sc1C. The standard InChI is InChI=1S/C13H22N2O2S/c1-7-13(4,5)15(6)12-14-10(9(3)18-12)11(16)17-8-2/h7-8H2,1-6H3. The van der Waals surface area contributed by atoms with Gasteiger partial charge in [0.1, 0.15) is 0 Å². The van der Waals surface area contributed by atoms with Gasteiger partial charge in [0, 0.05) is 17.5 Å². The molecule has 1 aromatic heterocycles. The summed E-state index contributed by atoms with van der Waals surface area (Å²) in [7, 11) is 2.01. The monoisotopic (exact) mass is 270 g/mol. The Morgan fingerprint density at radius 1 is 1.44 bits per heavy atom. The normalized spacial score (nSPS) is 11.4. The summed E-state index contributed by atoms with van der Waals surface area (Å²) in [4.78, 5) is 19.2. The van der Waals surface area contributed by atoms with Gasteiger partial charge in [-0.2, -0.15) is 0 Å². The molecule has 0 amide bonds. The zero-order valence-electron chi connectivity index (χ0n) is 12.0. The van der Waals surface area contributed by atoms with Crippen LogP contribution in [0.3, 0.4) is 0 Å². The molecule has 1 aromatic rings. The summed E-state index contributed by atoms with van der Waals surface area (Å²) in [5, 5.41) is 0.863. The van der Waals surface area contributed by atoms with E-state index in [4.69, 9.17) is 4.74 Å². The molecule has 0 radical (unpaired) electrons. The number of nitrogens with zero attached hydrogens (tertiary/aromatic N) is 2. The number of aryl methyl sites for hydroxylation is 1. The van der Waals surface area contributed by atoms with Gasteiger partial charge in [0.2, 0.25) is 0 Å². The largest absolute Gasteiger partial charge is 0.461 e. The van der Waals surface area contributed by atoms with Crippen molar-refractivity contribution >= 4 is 22.4 Å². The summed E-state index contributed by atoms with van der Waals surface area (Å²) in [6.45, 7) is 10.5. The number of carbonyl (C=O) groups excluding carboxylic acids is 1. The Morgan fingerprint density at radius 2 is 2.06 bits per heavy atom. The summed E-state index contributed by atoms with van der Waals surface area (Å²) in [6, 6.07) is 0. The lowest BCUT2D eigenvalue weighted by Gasteiger charge is -2.34. The van der Waals surface area contributed by atoms with Crippen LogP contribution in [0.15, 0.2) is 0 Å². The second kappa shape index (κ2) is 5.69. The minimum Gasteiger partial charge on any atom is -0.461 e. The predicted octanol–water partition coefficient (Wildman–Crippen LogP) is 3.25. The van der Waals surface area contributed by atoms with Crippen LogP contribution in [0.4, 0.5) is 5.13 Å². The van der Waals surface area contributed by atoms with E-state index in [-0.39, 0.29) is 11.5 Å². The van der Waals surface area contributed by atoms with E-state index in [1.165, 1.54) is 11.3 Å². The lowest BCUT2D eigenvalue weighted by molar-refractivity contribution is 0.0519. The second-order valence-corrected chi connectivity index (χ2v) is 6.03. The molecule has 0 aliphatic heterocycles. The van der Waals surface area contributed by atoms with Gasteiger partial charge in [0.25, 0.3) is 0 Å². The van der Waals surface area contributed by atoms with E-state index < -0.39 is 0 Å². The highest BCUT2D eigenvalue weighted by Gasteiger charge is 2.26. The van der Waals surface area contributed by atoms with Crippen LogP contribution in [-0.2, 0) is 4.74 Å². The average Bonchev–Trinajstić information content (AvgIpc) is 2.70. The van der Waals surface area contributed by atoms with Gasteiger partial charge in [0.15, 0.2) is 10.8 Å². The van der Waals surface area contributed by atoms with E-state index in [9.17, 15) is 4.79 Å². The van der Waals surface area contributed by atoms with Crippen molar-refractivity contribution in [1.29, 1.82) is 0 Å². The Labute approximate surface area is 113 Å². The molecule has 0 saturated heterocycles. The first-order valence-corrected chi connectivity index (χ1v) is 7.03. The number of thiazole rings is 1. The molecular weight excluding hydrogens is 248 g/mol. The zero-order chi connectivity index (χ0) is 13.9. The highest BCUT2D eigenvalue weighted by Crippen LogP contribution is 2.31. The molecule has 0 bridgehead atoms. The molecule has 1 heterocycles. The molecule has 0 fully saturated rings. The number of carbonyl (C=O) groups is 1. The van der Waals surface area contributed by atoms with Crippen LogP contribution >= 0.6 is 11.3 Å². The average molecular weight is 270 g/mol. The fourth-order valence-corrected chi connectivity index (χ4v) is 2.43. The minimum atomic E-state index is -0.333. The molecule has 0 unspecified atom stereocenters. The van der Waals surface area contributed by atoms with Crippen molar-refractivity contribution in [3.8, 4) is 0 Å². The van der Waals surface area contributed by atoms with Crippen molar-refractivity contribution in [2.75, 3.05) is 18.6 Å². The van der Waals surface area contributed by atoms with E-state index in [2.05, 4.69) is 30.7 Å². The molecule has 0 atom stereocenters. The van der Waals surface area contributed by atoms with Crippen LogP contribution < -0.4 is 4.90 Å². The summed E-state index contributed by atoms with van der Waals surface area (Å²) < 4.78 is 5.00. The fraction of sp³-hybridized carbons (Fsp3) is 0.692. The maximum atomic E-state index is 11.7. The van der Waals surface area contributed by atoms with Crippen molar-refractivity contribution in [3.63, 3.8) is 0 Å². The van der Waals surface area contributed by atoms with Gasteiger partial charge in [-0.1, -0.05) is 6.92 Å². The third-order valence-corrected chi connectivity index (χ3v) is 4.36. The van der Waals surface area contributed by atoms with Crippen LogP contribution in [-0.4, -0.2) is 30.1 Å². The van der Waals surface area contributed by atoms with Gasteiger partial charge in [-0.25, -0.2) is 9.78 Å². The highest BCUT2D eigenvalue weighted by molar-refractivity contribution is 7.15. The Kier molecular flexibility index (Phi) is 4.73. The number of aromatic nitrogens is 1. The lowest BCUT2D eigenvalue weighted by Crippen LogP contribution is -2.40. The first-order valence-electron chi connectivity index (χ1n) is 6.21. The van der Waals surface area contributed by atoms with Crippen molar-refractivity contribution in [3.05, 3.63) is 10.6 Å². The first-order chi connectivity index (χ1) is 8.33. The quantitative estimate of drug-likeness (QED) is 0.770. The van der Waals surface area contributed by atoms with Gasteiger partial charge in [-0.15, -0.1) is 11.3 Å². The second-order valence-electron chi connectivity index (χ2n) is 4.85. The molecule has 18 heavy (non-hydrogen) atoms. The molecule has 0 N–H and O–H groups in total. The van der Waals surface area contributed by atoms with E-state index in [0.29, 0.717) is 12.3 Å². The lowest BCUT2D eigenvalue weighted by atomic mass is 10.0. The van der Waals surface area contributed by atoms with Crippen LogP contribution in [0, 0.1) is 6.92 Å². The molecule has 1 rings (SSSR count). The molecule has 0 aromatic carbocycles. The Morgan fingerprint density at radius 3 is 2.56 bits per heavy atom. The van der Waals surface area contributed by atoms with Crippen LogP contribution in [0.25, 0.3) is 0 Å². The van der Waals surface area contributed by atoms with E-state index in [0.717, 1.165) is 16.4 Å². The highest BCUT2D eigenvalue weighted by atomic mass is 32.1. The first kappa shape index (κ1) is 15.0. The molecule has 102 valence electrons. The van der Waals surface area contributed by atoms with Crippen molar-refractivity contribution in [2.45, 2.75) is 46.6 Å². The Balaban J connectivity index is 3.00. The molecule has 0 aliphatic carbocycles. The van der Waals surface area contributed by atoms with Crippen molar-refractivity contribution in [2.24, 2.45) is 0 Å². The zero-order valence-corrected chi connectivity index (χ0v) is 12.8. The maximum Gasteiger partial charge on any atom is 0.358 e. The molecule has 5 heteroatoms. The fourth-order valence-electron chi connectivity index (χ4n) is 1.41. The molecule has 4 nitrogen and oxygen atoms in total. The third kappa shape index (κ3) is 3.02. The topological polar surface area (TPSA) is 42.4 Å². The summed E-state index contributed by atoms with van der Waals surface area (Å²) in [5.74, 6) is -0.333. The Bertz CT molecular complexity index is 427. The van der Waals surface area contributed by atoms with E-state index in [1.807, 2.05) is 14.0 Å². The number of ether oxygens (including phenoxy) is 1. The third-order valence-electron chi connectivity index (χ3n) is 3.31. The van der Waals surface area contributed by atoms with Gasteiger partial charge < -0.3 is 9.64 Å². The van der Waals surface area contributed by atoms with Crippen molar-refractivity contribution < 1.29 is 9.53 Å². The number of hydrogen-bond acceptors (Lipinski definition) is 5. The number of hydrogen-bond donors (Lipinski definition) is 0. The summed E-state index contributed by atoms with van der Waals surface area (Å²) >= 11 is 1.53. The van der Waals surface area contributed by atoms with Crippen molar-refractivity contribution in [1.82, 2.24) is 4.98 Å². The summed E-state index contributed by atoms with van der Waals surface area (Å²) in [6.07, 6.45) is 1.01. The number of esters is 1.